The Labute approximate surface area is 125 Å². The molecule has 1 aliphatic carbocycles. The molecule has 1 saturated carbocycles. The standard InChI is InChI=1S/C17H22N2O2/c1-11(2)9-16(20)18-14-6-5-12-7-8-19(15(12)10-14)17(21)13-3-4-13/h5-6,10-11,13H,3-4,7-9H2,1-2H3,(H,18,20). The van der Waals surface area contributed by atoms with E-state index in [1.807, 2.05) is 36.9 Å². The number of hydrogen-bond acceptors (Lipinski definition) is 2. The summed E-state index contributed by atoms with van der Waals surface area (Å²) in [6.07, 6.45) is 3.47. The van der Waals surface area contributed by atoms with E-state index in [2.05, 4.69) is 5.32 Å². The molecule has 21 heavy (non-hydrogen) atoms. The van der Waals surface area contributed by atoms with Crippen LogP contribution in [0.15, 0.2) is 18.2 Å². The zero-order valence-corrected chi connectivity index (χ0v) is 12.7. The number of fused-ring (bicyclic) bond motifs is 1. The van der Waals surface area contributed by atoms with Crippen molar-refractivity contribution in [3.63, 3.8) is 0 Å². The van der Waals surface area contributed by atoms with E-state index in [1.54, 1.807) is 0 Å². The minimum Gasteiger partial charge on any atom is -0.326 e. The topological polar surface area (TPSA) is 49.4 Å². The number of hydrogen-bond donors (Lipinski definition) is 1. The fourth-order valence-electron chi connectivity index (χ4n) is 2.82. The Hall–Kier alpha value is -1.84. The van der Waals surface area contributed by atoms with Gasteiger partial charge in [-0.15, -0.1) is 0 Å². The van der Waals surface area contributed by atoms with Crippen molar-refractivity contribution >= 4 is 23.2 Å². The lowest BCUT2D eigenvalue weighted by Gasteiger charge is -2.18. The van der Waals surface area contributed by atoms with E-state index in [0.29, 0.717) is 12.3 Å². The van der Waals surface area contributed by atoms with E-state index < -0.39 is 0 Å². The lowest BCUT2D eigenvalue weighted by Crippen LogP contribution is -2.30. The predicted octanol–water partition coefficient (Wildman–Crippen LogP) is 2.97. The average Bonchev–Trinajstić information content (AvgIpc) is 3.17. The molecule has 0 saturated heterocycles. The summed E-state index contributed by atoms with van der Waals surface area (Å²) in [6.45, 7) is 4.82. The van der Waals surface area contributed by atoms with Gasteiger partial charge in [-0.1, -0.05) is 19.9 Å². The van der Waals surface area contributed by atoms with Crippen LogP contribution in [0.2, 0.25) is 0 Å². The Morgan fingerprint density at radius 2 is 2.10 bits per heavy atom. The Morgan fingerprint density at radius 3 is 2.76 bits per heavy atom. The second-order valence-electron chi connectivity index (χ2n) is 6.50. The Balaban J connectivity index is 1.75. The van der Waals surface area contributed by atoms with Gasteiger partial charge in [0.25, 0.3) is 0 Å². The average molecular weight is 286 g/mol. The van der Waals surface area contributed by atoms with Crippen LogP contribution >= 0.6 is 0 Å². The highest BCUT2D eigenvalue weighted by Crippen LogP contribution is 2.37. The van der Waals surface area contributed by atoms with Crippen LogP contribution < -0.4 is 10.2 Å². The third-order valence-corrected chi connectivity index (χ3v) is 4.05. The molecule has 0 spiro atoms. The van der Waals surface area contributed by atoms with Gasteiger partial charge in [-0.2, -0.15) is 0 Å². The number of carbonyl (C=O) groups excluding carboxylic acids is 2. The van der Waals surface area contributed by atoms with Crippen molar-refractivity contribution in [3.05, 3.63) is 23.8 Å². The van der Waals surface area contributed by atoms with Crippen LogP contribution in [0.4, 0.5) is 11.4 Å². The molecule has 3 rings (SSSR count). The van der Waals surface area contributed by atoms with Crippen molar-refractivity contribution in [2.75, 3.05) is 16.8 Å². The molecule has 112 valence electrons. The monoisotopic (exact) mass is 286 g/mol. The first-order valence-electron chi connectivity index (χ1n) is 7.78. The number of rotatable bonds is 4. The molecule has 0 aromatic heterocycles. The zero-order chi connectivity index (χ0) is 15.0. The van der Waals surface area contributed by atoms with Crippen molar-refractivity contribution in [1.29, 1.82) is 0 Å². The summed E-state index contributed by atoms with van der Waals surface area (Å²) in [4.78, 5) is 26.0. The molecule has 0 bridgehead atoms. The zero-order valence-electron chi connectivity index (χ0n) is 12.7. The first kappa shape index (κ1) is 14.1. The fraction of sp³-hybridized carbons (Fsp3) is 0.529. The van der Waals surface area contributed by atoms with Crippen LogP contribution in [0, 0.1) is 11.8 Å². The molecule has 1 aromatic rings. The summed E-state index contributed by atoms with van der Waals surface area (Å²) in [5.74, 6) is 0.852. The van der Waals surface area contributed by atoms with Gasteiger partial charge >= 0.3 is 0 Å². The van der Waals surface area contributed by atoms with E-state index >= 15 is 0 Å². The largest absolute Gasteiger partial charge is 0.326 e. The second-order valence-corrected chi connectivity index (χ2v) is 6.50. The SMILES string of the molecule is CC(C)CC(=O)Nc1ccc2c(c1)N(C(=O)C1CC1)CC2. The van der Waals surface area contributed by atoms with Gasteiger partial charge in [-0.3, -0.25) is 9.59 Å². The van der Waals surface area contributed by atoms with Gasteiger partial charge in [-0.25, -0.2) is 0 Å². The van der Waals surface area contributed by atoms with Crippen molar-refractivity contribution in [1.82, 2.24) is 0 Å². The number of nitrogens with one attached hydrogen (secondary N) is 1. The second kappa shape index (κ2) is 5.51. The maximum atomic E-state index is 12.3. The van der Waals surface area contributed by atoms with Crippen LogP contribution in [0.3, 0.4) is 0 Å². The molecule has 1 N–H and O–H groups in total. The fourth-order valence-corrected chi connectivity index (χ4v) is 2.82. The first-order chi connectivity index (χ1) is 10.0. The molecule has 4 heteroatoms. The molecule has 1 heterocycles. The van der Waals surface area contributed by atoms with Gasteiger partial charge in [-0.05, 0) is 42.9 Å². The number of nitrogens with zero attached hydrogens (tertiary/aromatic N) is 1. The summed E-state index contributed by atoms with van der Waals surface area (Å²) in [5.41, 5.74) is 2.97. The van der Waals surface area contributed by atoms with Crippen molar-refractivity contribution < 1.29 is 9.59 Å². The van der Waals surface area contributed by atoms with Gasteiger partial charge in [0.2, 0.25) is 11.8 Å². The number of anilines is 2. The van der Waals surface area contributed by atoms with Crippen molar-refractivity contribution in [2.45, 2.75) is 39.5 Å². The van der Waals surface area contributed by atoms with Crippen LogP contribution in [0.5, 0.6) is 0 Å². The third kappa shape index (κ3) is 3.09. The molecule has 2 aliphatic rings. The highest BCUT2D eigenvalue weighted by atomic mass is 16.2. The molecular weight excluding hydrogens is 264 g/mol. The van der Waals surface area contributed by atoms with E-state index in [9.17, 15) is 9.59 Å². The molecule has 1 aliphatic heterocycles. The molecule has 0 atom stereocenters. The number of carbonyl (C=O) groups is 2. The lowest BCUT2D eigenvalue weighted by molar-refractivity contribution is -0.119. The van der Waals surface area contributed by atoms with Crippen LogP contribution in [-0.4, -0.2) is 18.4 Å². The van der Waals surface area contributed by atoms with E-state index in [0.717, 1.165) is 37.2 Å². The van der Waals surface area contributed by atoms with Gasteiger partial charge in [0, 0.05) is 30.3 Å². The van der Waals surface area contributed by atoms with E-state index in [-0.39, 0.29) is 17.7 Å². The van der Waals surface area contributed by atoms with Gasteiger partial charge in [0.15, 0.2) is 0 Å². The predicted molar refractivity (Wildman–Crippen MR) is 83.3 cm³/mol. The summed E-state index contributed by atoms with van der Waals surface area (Å²) >= 11 is 0. The normalized spacial score (nSPS) is 17.0. The lowest BCUT2D eigenvalue weighted by atomic mass is 10.1. The molecule has 2 amide bonds. The maximum Gasteiger partial charge on any atom is 0.230 e. The summed E-state index contributed by atoms with van der Waals surface area (Å²) in [6, 6.07) is 5.91. The van der Waals surface area contributed by atoms with Crippen LogP contribution in [0.25, 0.3) is 0 Å². The quantitative estimate of drug-likeness (QED) is 0.925. The van der Waals surface area contributed by atoms with Gasteiger partial charge in [0.1, 0.15) is 0 Å². The molecular formula is C17H22N2O2. The molecule has 4 nitrogen and oxygen atoms in total. The van der Waals surface area contributed by atoms with Crippen molar-refractivity contribution in [3.8, 4) is 0 Å². The van der Waals surface area contributed by atoms with Gasteiger partial charge < -0.3 is 10.2 Å². The Bertz CT molecular complexity index is 576. The van der Waals surface area contributed by atoms with E-state index in [4.69, 9.17) is 0 Å². The third-order valence-electron chi connectivity index (χ3n) is 4.05. The smallest absolute Gasteiger partial charge is 0.230 e. The summed E-state index contributed by atoms with van der Waals surface area (Å²) < 4.78 is 0. The first-order valence-corrected chi connectivity index (χ1v) is 7.78. The molecule has 1 fully saturated rings. The summed E-state index contributed by atoms with van der Waals surface area (Å²) in [5, 5.41) is 2.93. The molecule has 0 radical (unpaired) electrons. The molecule has 1 aromatic carbocycles. The van der Waals surface area contributed by atoms with Crippen LogP contribution in [-0.2, 0) is 16.0 Å². The van der Waals surface area contributed by atoms with Crippen molar-refractivity contribution in [2.24, 2.45) is 11.8 Å². The summed E-state index contributed by atoms with van der Waals surface area (Å²) in [7, 11) is 0. The highest BCUT2D eigenvalue weighted by molar-refractivity contribution is 5.99. The highest BCUT2D eigenvalue weighted by Gasteiger charge is 2.36. The number of amides is 2. The van der Waals surface area contributed by atoms with E-state index in [1.165, 1.54) is 5.56 Å². The molecule has 0 unspecified atom stereocenters. The Kier molecular flexibility index (Phi) is 3.70. The van der Waals surface area contributed by atoms with Gasteiger partial charge in [0.05, 0.1) is 0 Å². The minimum atomic E-state index is 0.0306. The maximum absolute atomic E-state index is 12.3. The Morgan fingerprint density at radius 1 is 1.33 bits per heavy atom. The minimum absolute atomic E-state index is 0.0306. The van der Waals surface area contributed by atoms with Crippen LogP contribution in [0.1, 0.15) is 38.7 Å². The number of benzene rings is 1.